The number of carbonyl (C=O) groups excluding carboxylic acids is 1. The van der Waals surface area contributed by atoms with Gasteiger partial charge in [0.1, 0.15) is 5.82 Å². The highest BCUT2D eigenvalue weighted by atomic mass is 19.1. The third-order valence-corrected chi connectivity index (χ3v) is 3.88. The summed E-state index contributed by atoms with van der Waals surface area (Å²) in [6.45, 7) is 0.185. The quantitative estimate of drug-likeness (QED) is 0.872. The minimum absolute atomic E-state index is 0.00188. The fourth-order valence-electron chi connectivity index (χ4n) is 2.73. The lowest BCUT2D eigenvalue weighted by Crippen LogP contribution is -2.46. The van der Waals surface area contributed by atoms with Crippen LogP contribution in [-0.2, 0) is 9.59 Å². The normalized spacial score (nSPS) is 17.8. The zero-order chi connectivity index (χ0) is 16.8. The Morgan fingerprint density at radius 1 is 1.30 bits per heavy atom. The number of rotatable bonds is 6. The molecule has 1 heterocycles. The topological polar surface area (TPSA) is 66.8 Å². The number of likely N-dealkylation sites (tertiary alicyclic amines) is 1. The molecular formula is C16H19F2NO4. The van der Waals surface area contributed by atoms with Crippen LogP contribution in [0.2, 0.25) is 0 Å². The van der Waals surface area contributed by atoms with Gasteiger partial charge < -0.3 is 14.7 Å². The van der Waals surface area contributed by atoms with Crippen LogP contribution in [0.25, 0.3) is 0 Å². The van der Waals surface area contributed by atoms with Gasteiger partial charge >= 0.3 is 5.97 Å². The number of nitrogens with zero attached hydrogens (tertiary/aromatic N) is 1. The molecule has 1 aliphatic heterocycles. The van der Waals surface area contributed by atoms with Crippen LogP contribution in [0.5, 0.6) is 5.75 Å². The summed E-state index contributed by atoms with van der Waals surface area (Å²) in [7, 11) is 0. The van der Waals surface area contributed by atoms with E-state index in [1.165, 1.54) is 0 Å². The van der Waals surface area contributed by atoms with E-state index >= 15 is 0 Å². The standard InChI is InChI=1S/C16H19F2NO4/c17-11-4-6-14(13(18)9-11)23-10-15(20)19-8-2-1-3-12(19)5-7-16(21)22/h4,6,9,12H,1-3,5,7-8,10H2,(H,21,22)/t12-/m1/s1. The third-order valence-electron chi connectivity index (χ3n) is 3.88. The van der Waals surface area contributed by atoms with Crippen LogP contribution in [0.3, 0.4) is 0 Å². The van der Waals surface area contributed by atoms with Gasteiger partial charge in [0.2, 0.25) is 0 Å². The van der Waals surface area contributed by atoms with Crippen LogP contribution in [0.15, 0.2) is 18.2 Å². The zero-order valence-electron chi connectivity index (χ0n) is 12.6. The van der Waals surface area contributed by atoms with Crippen LogP contribution < -0.4 is 4.74 Å². The molecule has 1 amide bonds. The number of halogens is 2. The Morgan fingerprint density at radius 3 is 2.78 bits per heavy atom. The Balaban J connectivity index is 1.93. The molecule has 0 unspecified atom stereocenters. The van der Waals surface area contributed by atoms with Gasteiger partial charge in [-0.15, -0.1) is 0 Å². The van der Waals surface area contributed by atoms with Crippen molar-refractivity contribution in [2.75, 3.05) is 13.2 Å². The highest BCUT2D eigenvalue weighted by Crippen LogP contribution is 2.22. The molecule has 1 N–H and O–H groups in total. The van der Waals surface area contributed by atoms with Crippen molar-refractivity contribution >= 4 is 11.9 Å². The molecule has 23 heavy (non-hydrogen) atoms. The number of benzene rings is 1. The van der Waals surface area contributed by atoms with Gasteiger partial charge in [-0.05, 0) is 37.8 Å². The number of piperidine rings is 1. The minimum Gasteiger partial charge on any atom is -0.481 e. The molecule has 126 valence electrons. The second kappa shape index (κ2) is 7.89. The number of aliphatic carboxylic acids is 1. The van der Waals surface area contributed by atoms with Crippen LogP contribution in [0.1, 0.15) is 32.1 Å². The molecule has 0 bridgehead atoms. The van der Waals surface area contributed by atoms with E-state index in [-0.39, 0.29) is 30.7 Å². The Labute approximate surface area is 132 Å². The lowest BCUT2D eigenvalue weighted by atomic mass is 9.98. The molecule has 0 saturated carbocycles. The van der Waals surface area contributed by atoms with E-state index < -0.39 is 17.6 Å². The molecule has 1 aromatic carbocycles. The maximum atomic E-state index is 13.5. The number of amides is 1. The van der Waals surface area contributed by atoms with Crippen molar-refractivity contribution in [2.45, 2.75) is 38.1 Å². The molecule has 0 aliphatic carbocycles. The summed E-state index contributed by atoms with van der Waals surface area (Å²) < 4.78 is 31.4. The molecule has 1 atom stereocenters. The summed E-state index contributed by atoms with van der Waals surface area (Å²) in [5, 5.41) is 8.77. The van der Waals surface area contributed by atoms with E-state index in [0.29, 0.717) is 19.0 Å². The molecule has 1 fully saturated rings. The fraction of sp³-hybridized carbons (Fsp3) is 0.500. The molecule has 1 aliphatic rings. The van der Waals surface area contributed by atoms with E-state index in [9.17, 15) is 18.4 Å². The van der Waals surface area contributed by atoms with Gasteiger partial charge in [-0.1, -0.05) is 0 Å². The molecular weight excluding hydrogens is 308 g/mol. The summed E-state index contributed by atoms with van der Waals surface area (Å²) in [5.74, 6) is -2.97. The van der Waals surface area contributed by atoms with Crippen molar-refractivity contribution in [1.29, 1.82) is 0 Å². The lowest BCUT2D eigenvalue weighted by molar-refractivity contribution is -0.141. The van der Waals surface area contributed by atoms with Gasteiger partial charge in [0.05, 0.1) is 0 Å². The summed E-state index contributed by atoms with van der Waals surface area (Å²) in [6, 6.07) is 2.75. The van der Waals surface area contributed by atoms with Gasteiger partial charge in [-0.3, -0.25) is 9.59 Å². The van der Waals surface area contributed by atoms with Gasteiger partial charge in [-0.2, -0.15) is 0 Å². The highest BCUT2D eigenvalue weighted by Gasteiger charge is 2.27. The number of hydrogen-bond donors (Lipinski definition) is 1. The number of ether oxygens (including phenoxy) is 1. The fourth-order valence-corrected chi connectivity index (χ4v) is 2.73. The smallest absolute Gasteiger partial charge is 0.303 e. The Kier molecular flexibility index (Phi) is 5.90. The summed E-state index contributed by atoms with van der Waals surface area (Å²) in [5.41, 5.74) is 0. The third kappa shape index (κ3) is 4.91. The number of carboxylic acid groups (broad SMARTS) is 1. The van der Waals surface area contributed by atoms with Crippen LogP contribution in [0, 0.1) is 11.6 Å². The Bertz CT molecular complexity index is 579. The van der Waals surface area contributed by atoms with Gasteiger partial charge in [0, 0.05) is 25.1 Å². The zero-order valence-corrected chi connectivity index (χ0v) is 12.6. The van der Waals surface area contributed by atoms with Crippen LogP contribution >= 0.6 is 0 Å². The summed E-state index contributed by atoms with van der Waals surface area (Å²) >= 11 is 0. The van der Waals surface area contributed by atoms with Gasteiger partial charge in [-0.25, -0.2) is 8.78 Å². The molecule has 7 heteroatoms. The summed E-state index contributed by atoms with van der Waals surface area (Å²) in [6.07, 6.45) is 2.94. The van der Waals surface area contributed by atoms with E-state index in [4.69, 9.17) is 9.84 Å². The van der Waals surface area contributed by atoms with Crippen molar-refractivity contribution in [3.63, 3.8) is 0 Å². The molecule has 1 aromatic rings. The SMILES string of the molecule is O=C(O)CC[C@H]1CCCCN1C(=O)COc1ccc(F)cc1F. The summed E-state index contributed by atoms with van der Waals surface area (Å²) in [4.78, 5) is 24.6. The van der Waals surface area contributed by atoms with Crippen molar-refractivity contribution in [3.05, 3.63) is 29.8 Å². The molecule has 5 nitrogen and oxygen atoms in total. The van der Waals surface area contributed by atoms with Gasteiger partial charge in [0.25, 0.3) is 5.91 Å². The van der Waals surface area contributed by atoms with E-state index in [2.05, 4.69) is 0 Å². The average molecular weight is 327 g/mol. The predicted octanol–water partition coefficient (Wildman–Crippen LogP) is 2.59. The molecule has 0 aromatic heterocycles. The first-order valence-electron chi connectivity index (χ1n) is 7.56. The van der Waals surface area contributed by atoms with Crippen molar-refractivity contribution < 1.29 is 28.2 Å². The van der Waals surface area contributed by atoms with E-state index in [0.717, 1.165) is 31.4 Å². The van der Waals surface area contributed by atoms with E-state index in [1.54, 1.807) is 4.90 Å². The van der Waals surface area contributed by atoms with Crippen LogP contribution in [-0.4, -0.2) is 41.1 Å². The largest absolute Gasteiger partial charge is 0.481 e. The average Bonchev–Trinajstić information content (AvgIpc) is 2.52. The molecule has 2 rings (SSSR count). The number of hydrogen-bond acceptors (Lipinski definition) is 3. The lowest BCUT2D eigenvalue weighted by Gasteiger charge is -2.35. The van der Waals surface area contributed by atoms with Crippen LogP contribution in [0.4, 0.5) is 8.78 Å². The molecule has 0 radical (unpaired) electrons. The first-order chi connectivity index (χ1) is 11.0. The van der Waals surface area contributed by atoms with E-state index in [1.807, 2.05) is 0 Å². The molecule has 1 saturated heterocycles. The van der Waals surface area contributed by atoms with Gasteiger partial charge in [0.15, 0.2) is 18.2 Å². The predicted molar refractivity (Wildman–Crippen MR) is 78.1 cm³/mol. The van der Waals surface area contributed by atoms with Crippen molar-refractivity contribution in [3.8, 4) is 5.75 Å². The first-order valence-corrected chi connectivity index (χ1v) is 7.56. The van der Waals surface area contributed by atoms with Crippen molar-refractivity contribution in [1.82, 2.24) is 4.90 Å². The minimum atomic E-state index is -0.896. The highest BCUT2D eigenvalue weighted by molar-refractivity contribution is 5.78. The second-order valence-corrected chi connectivity index (χ2v) is 5.53. The Morgan fingerprint density at radius 2 is 2.09 bits per heavy atom. The number of carboxylic acids is 1. The maximum absolute atomic E-state index is 13.5. The second-order valence-electron chi connectivity index (χ2n) is 5.53. The maximum Gasteiger partial charge on any atom is 0.303 e. The Hall–Kier alpha value is -2.18. The monoisotopic (exact) mass is 327 g/mol. The molecule has 0 spiro atoms. The number of carbonyl (C=O) groups is 2. The first kappa shape index (κ1) is 17.2. The van der Waals surface area contributed by atoms with Crippen molar-refractivity contribution in [2.24, 2.45) is 0 Å².